The first-order valence-electron chi connectivity index (χ1n) is 10.3. The van der Waals surface area contributed by atoms with Crippen LogP contribution in [0.1, 0.15) is 31.2 Å². The molecule has 1 aliphatic heterocycles. The summed E-state index contributed by atoms with van der Waals surface area (Å²) in [5.74, 6) is 1.35. The van der Waals surface area contributed by atoms with E-state index < -0.39 is 0 Å². The highest BCUT2D eigenvalue weighted by molar-refractivity contribution is 9.10. The van der Waals surface area contributed by atoms with Crippen molar-refractivity contribution in [3.63, 3.8) is 0 Å². The molecule has 1 N–H and O–H groups in total. The van der Waals surface area contributed by atoms with Crippen LogP contribution in [0, 0.1) is 5.92 Å². The van der Waals surface area contributed by atoms with Gasteiger partial charge in [0.1, 0.15) is 0 Å². The van der Waals surface area contributed by atoms with Crippen molar-refractivity contribution in [1.82, 2.24) is 15.0 Å². The average molecular weight is 469 g/mol. The zero-order valence-corrected chi connectivity index (χ0v) is 18.6. The highest BCUT2D eigenvalue weighted by Crippen LogP contribution is 2.24. The number of piperidine rings is 1. The van der Waals surface area contributed by atoms with Crippen LogP contribution in [0.2, 0.25) is 0 Å². The number of carbonyl (C=O) groups is 1. The first kappa shape index (κ1) is 20.8. The van der Waals surface area contributed by atoms with E-state index in [2.05, 4.69) is 49.3 Å². The number of aryl methyl sites for hydroxylation is 1. The Balaban J connectivity index is 1.29. The summed E-state index contributed by atoms with van der Waals surface area (Å²) < 4.78 is 6.45. The Morgan fingerprint density at radius 2 is 1.90 bits per heavy atom. The number of likely N-dealkylation sites (tertiary alicyclic amines) is 1. The fourth-order valence-electron chi connectivity index (χ4n) is 3.77. The molecule has 2 heterocycles. The molecule has 4 rings (SSSR count). The summed E-state index contributed by atoms with van der Waals surface area (Å²) >= 11 is 3.43. The van der Waals surface area contributed by atoms with Crippen LogP contribution in [0.15, 0.2) is 57.5 Å². The second kappa shape index (κ2) is 9.53. The van der Waals surface area contributed by atoms with Gasteiger partial charge >= 0.3 is 0 Å². The van der Waals surface area contributed by atoms with E-state index in [1.54, 1.807) is 0 Å². The third kappa shape index (κ3) is 4.96. The molecule has 1 aliphatic rings. The summed E-state index contributed by atoms with van der Waals surface area (Å²) in [5, 5.41) is 7.22. The maximum atomic E-state index is 12.7. The lowest BCUT2D eigenvalue weighted by Crippen LogP contribution is -2.37. The second-order valence-corrected chi connectivity index (χ2v) is 8.48. The van der Waals surface area contributed by atoms with E-state index >= 15 is 0 Å². The number of aromatic nitrogens is 2. The van der Waals surface area contributed by atoms with Gasteiger partial charge in [0, 0.05) is 21.6 Å². The summed E-state index contributed by atoms with van der Waals surface area (Å²) in [5.41, 5.74) is 3.02. The third-order valence-corrected chi connectivity index (χ3v) is 6.07. The van der Waals surface area contributed by atoms with Crippen molar-refractivity contribution in [1.29, 1.82) is 0 Å². The molecule has 1 aromatic heterocycles. The third-order valence-electron chi connectivity index (χ3n) is 5.54. The second-order valence-electron chi connectivity index (χ2n) is 7.57. The quantitative estimate of drug-likeness (QED) is 0.556. The Bertz CT molecular complexity index is 994. The van der Waals surface area contributed by atoms with Crippen molar-refractivity contribution in [3.8, 4) is 11.4 Å². The van der Waals surface area contributed by atoms with Gasteiger partial charge in [0.2, 0.25) is 17.6 Å². The number of hydrogen-bond donors (Lipinski definition) is 1. The Morgan fingerprint density at radius 1 is 1.17 bits per heavy atom. The van der Waals surface area contributed by atoms with Gasteiger partial charge in [0.15, 0.2) is 0 Å². The summed E-state index contributed by atoms with van der Waals surface area (Å²) in [6.07, 6.45) is 2.56. The average Bonchev–Trinajstić information content (AvgIpc) is 3.23. The van der Waals surface area contributed by atoms with Gasteiger partial charge < -0.3 is 9.84 Å². The summed E-state index contributed by atoms with van der Waals surface area (Å²) in [6, 6.07) is 15.8. The molecule has 6 nitrogen and oxygen atoms in total. The molecule has 1 amide bonds. The molecule has 2 aromatic carbocycles. The van der Waals surface area contributed by atoms with Gasteiger partial charge in [-0.2, -0.15) is 4.98 Å². The number of anilines is 1. The maximum absolute atomic E-state index is 12.7. The van der Waals surface area contributed by atoms with E-state index in [9.17, 15) is 4.79 Å². The monoisotopic (exact) mass is 468 g/mol. The lowest BCUT2D eigenvalue weighted by molar-refractivity contribution is -0.121. The number of para-hydroxylation sites is 1. The predicted octanol–water partition coefficient (Wildman–Crippen LogP) is 4.91. The lowest BCUT2D eigenvalue weighted by atomic mass is 9.95. The van der Waals surface area contributed by atoms with E-state index in [0.29, 0.717) is 18.3 Å². The Hall–Kier alpha value is -2.51. The number of nitrogens with zero attached hydrogens (tertiary/aromatic N) is 3. The molecule has 156 valence electrons. The van der Waals surface area contributed by atoms with Crippen LogP contribution in [-0.4, -0.2) is 34.0 Å². The number of nitrogens with one attached hydrogen (secondary N) is 1. The minimum atomic E-state index is 0.0344. The van der Waals surface area contributed by atoms with Crippen LogP contribution in [0.25, 0.3) is 11.4 Å². The van der Waals surface area contributed by atoms with Crippen LogP contribution < -0.4 is 5.32 Å². The van der Waals surface area contributed by atoms with Crippen molar-refractivity contribution in [3.05, 3.63) is 64.5 Å². The molecule has 0 aliphatic carbocycles. The molecule has 30 heavy (non-hydrogen) atoms. The zero-order valence-electron chi connectivity index (χ0n) is 17.0. The molecular weight excluding hydrogens is 444 g/mol. The summed E-state index contributed by atoms with van der Waals surface area (Å²) in [4.78, 5) is 19.5. The van der Waals surface area contributed by atoms with Crippen molar-refractivity contribution in [2.75, 3.05) is 18.4 Å². The topological polar surface area (TPSA) is 71.3 Å². The number of benzene rings is 2. The van der Waals surface area contributed by atoms with Gasteiger partial charge in [-0.05, 0) is 68.2 Å². The van der Waals surface area contributed by atoms with Crippen molar-refractivity contribution in [2.45, 2.75) is 32.7 Å². The van der Waals surface area contributed by atoms with Gasteiger partial charge in [0.05, 0.1) is 6.54 Å². The molecule has 0 saturated carbocycles. The molecule has 0 bridgehead atoms. The lowest BCUT2D eigenvalue weighted by Gasteiger charge is -2.30. The highest BCUT2D eigenvalue weighted by Gasteiger charge is 2.26. The van der Waals surface area contributed by atoms with E-state index in [-0.39, 0.29) is 11.8 Å². The molecular formula is C23H25BrN4O2. The van der Waals surface area contributed by atoms with Gasteiger partial charge in [-0.1, -0.05) is 46.2 Å². The highest BCUT2D eigenvalue weighted by atomic mass is 79.9. The SMILES string of the molecule is CCc1ccccc1NC(=O)C1CCN(Cc2nc(-c3ccc(Br)cc3)no2)CC1. The molecule has 0 spiro atoms. The van der Waals surface area contributed by atoms with Crippen LogP contribution in [-0.2, 0) is 17.8 Å². The fourth-order valence-corrected chi connectivity index (χ4v) is 4.03. The summed E-state index contributed by atoms with van der Waals surface area (Å²) in [6.45, 7) is 4.38. The molecule has 0 atom stereocenters. The minimum absolute atomic E-state index is 0.0344. The van der Waals surface area contributed by atoms with Crippen molar-refractivity contribution in [2.24, 2.45) is 5.92 Å². The van der Waals surface area contributed by atoms with Crippen LogP contribution >= 0.6 is 15.9 Å². The standard InChI is InChI=1S/C23H25BrN4O2/c1-2-16-5-3-4-6-20(16)25-23(29)18-11-13-28(14-12-18)15-21-26-22(27-30-21)17-7-9-19(24)10-8-17/h3-10,18H,2,11-15H2,1H3,(H,25,29). The van der Waals surface area contributed by atoms with Gasteiger partial charge in [0.25, 0.3) is 0 Å². The predicted molar refractivity (Wildman–Crippen MR) is 120 cm³/mol. The molecule has 1 saturated heterocycles. The Labute approximate surface area is 184 Å². The van der Waals surface area contributed by atoms with Crippen molar-refractivity contribution >= 4 is 27.5 Å². The van der Waals surface area contributed by atoms with Crippen LogP contribution in [0.3, 0.4) is 0 Å². The number of amides is 1. The molecule has 1 fully saturated rings. The fraction of sp³-hybridized carbons (Fsp3) is 0.348. The van der Waals surface area contributed by atoms with Crippen molar-refractivity contribution < 1.29 is 9.32 Å². The first-order chi connectivity index (χ1) is 14.6. The molecule has 7 heteroatoms. The molecule has 0 unspecified atom stereocenters. The van der Waals surface area contributed by atoms with E-state index in [4.69, 9.17) is 4.52 Å². The Kier molecular flexibility index (Phi) is 6.59. The number of rotatable bonds is 6. The van der Waals surface area contributed by atoms with E-state index in [0.717, 1.165) is 48.1 Å². The number of carbonyl (C=O) groups excluding carboxylic acids is 1. The number of halogens is 1. The number of hydrogen-bond acceptors (Lipinski definition) is 5. The summed E-state index contributed by atoms with van der Waals surface area (Å²) in [7, 11) is 0. The minimum Gasteiger partial charge on any atom is -0.338 e. The smallest absolute Gasteiger partial charge is 0.241 e. The molecule has 3 aromatic rings. The first-order valence-corrected chi connectivity index (χ1v) is 11.1. The van der Waals surface area contributed by atoms with Gasteiger partial charge in [-0.15, -0.1) is 0 Å². The largest absolute Gasteiger partial charge is 0.338 e. The van der Waals surface area contributed by atoms with E-state index in [1.807, 2.05) is 42.5 Å². The van der Waals surface area contributed by atoms with Gasteiger partial charge in [-0.25, -0.2) is 0 Å². The Morgan fingerprint density at radius 3 is 2.63 bits per heavy atom. The zero-order chi connectivity index (χ0) is 20.9. The normalized spacial score (nSPS) is 15.3. The van der Waals surface area contributed by atoms with Crippen LogP contribution in [0.4, 0.5) is 5.69 Å². The van der Waals surface area contributed by atoms with Crippen LogP contribution in [0.5, 0.6) is 0 Å². The maximum Gasteiger partial charge on any atom is 0.241 e. The molecule has 0 radical (unpaired) electrons. The van der Waals surface area contributed by atoms with E-state index in [1.165, 1.54) is 5.56 Å². The van der Waals surface area contributed by atoms with Gasteiger partial charge in [-0.3, -0.25) is 9.69 Å².